The Hall–Kier alpha value is -1.86. The first-order chi connectivity index (χ1) is 11.0. The van der Waals surface area contributed by atoms with E-state index in [-0.39, 0.29) is 6.54 Å². The van der Waals surface area contributed by atoms with Gasteiger partial charge in [0.15, 0.2) is 5.65 Å². The van der Waals surface area contributed by atoms with Crippen molar-refractivity contribution in [3.05, 3.63) is 26.5 Å². The Labute approximate surface area is 142 Å². The molecule has 2 aromatic rings. The van der Waals surface area contributed by atoms with E-state index in [0.717, 1.165) is 3.57 Å². The summed E-state index contributed by atoms with van der Waals surface area (Å²) in [4.78, 5) is 16.2. The maximum Gasteiger partial charge on any atom is 0.254 e. The van der Waals surface area contributed by atoms with Crippen LogP contribution in [0.1, 0.15) is 0 Å². The highest BCUT2D eigenvalue weighted by Crippen LogP contribution is 2.26. The van der Waals surface area contributed by atoms with E-state index < -0.39 is 24.6 Å². The Balaban J connectivity index is 1.85. The summed E-state index contributed by atoms with van der Waals surface area (Å²) < 4.78 is 7.45. The van der Waals surface area contributed by atoms with E-state index >= 15 is 0 Å². The number of aliphatic hydroxyl groups excluding tert-OH is 2. The fourth-order valence-electron chi connectivity index (χ4n) is 2.28. The van der Waals surface area contributed by atoms with Crippen LogP contribution in [0, 0.1) is 3.57 Å². The molecule has 0 unspecified atom stereocenters. The number of ether oxygens (including phenoxy) is 1. The lowest BCUT2D eigenvalue weighted by molar-refractivity contribution is -0.163. The Kier molecular flexibility index (Phi) is 4.41. The van der Waals surface area contributed by atoms with Gasteiger partial charge in [-0.15, -0.1) is 0 Å². The van der Waals surface area contributed by atoms with Crippen LogP contribution in [0.2, 0.25) is 0 Å². The number of halogens is 1. The Morgan fingerprint density at radius 3 is 3.00 bits per heavy atom. The molecule has 4 atom stereocenters. The minimum atomic E-state index is -1.30. The van der Waals surface area contributed by atoms with Crippen LogP contribution in [-0.4, -0.2) is 56.1 Å². The highest BCUT2D eigenvalue weighted by atomic mass is 127. The Bertz CT molecular complexity index is 777. The summed E-state index contributed by atoms with van der Waals surface area (Å²) in [7, 11) is 0. The molecule has 0 aromatic carbocycles. The number of aliphatic hydroxyl groups is 2. The second kappa shape index (κ2) is 6.33. The van der Waals surface area contributed by atoms with Crippen LogP contribution < -0.4 is 10.6 Å². The van der Waals surface area contributed by atoms with Gasteiger partial charge in [0.25, 0.3) is 6.29 Å². The smallest absolute Gasteiger partial charge is 0.254 e. The zero-order valence-electron chi connectivity index (χ0n) is 11.5. The molecule has 0 saturated carbocycles. The second-order valence-electron chi connectivity index (χ2n) is 4.80. The summed E-state index contributed by atoms with van der Waals surface area (Å²) in [6.45, 7) is -0.117. The molecule has 3 rings (SSSR count). The molecule has 2 aromatic heterocycles. The molecule has 1 aliphatic rings. The van der Waals surface area contributed by atoms with Crippen LogP contribution in [0.3, 0.4) is 0 Å². The molecular weight excluding hydrogens is 421 g/mol. The van der Waals surface area contributed by atoms with E-state index in [0.29, 0.717) is 16.9 Å². The molecule has 0 radical (unpaired) electrons. The lowest BCUT2D eigenvalue weighted by Crippen LogP contribution is -2.38. The predicted octanol–water partition coefficient (Wildman–Crippen LogP) is -0.196. The van der Waals surface area contributed by atoms with Crippen LogP contribution in [0.4, 0.5) is 5.82 Å². The van der Waals surface area contributed by atoms with Crippen LogP contribution in [0.25, 0.3) is 21.5 Å². The zero-order valence-corrected chi connectivity index (χ0v) is 13.7. The summed E-state index contributed by atoms with van der Waals surface area (Å²) in [6, 6.07) is 0. The summed E-state index contributed by atoms with van der Waals surface area (Å²) in [6.07, 6.45) is -1.63. The lowest BCUT2D eigenvalue weighted by Gasteiger charge is -2.17. The van der Waals surface area contributed by atoms with Gasteiger partial charge in [-0.05, 0) is 28.1 Å². The largest absolute Gasteiger partial charge is 0.387 e. The zero-order chi connectivity index (χ0) is 16.6. The number of azide groups is 1. The predicted molar refractivity (Wildman–Crippen MR) is 85.9 cm³/mol. The average Bonchev–Trinajstić information content (AvgIpc) is 2.98. The number of nitrogen functional groups attached to an aromatic ring is 1. The van der Waals surface area contributed by atoms with Crippen molar-refractivity contribution < 1.29 is 19.8 Å². The van der Waals surface area contributed by atoms with Gasteiger partial charge < -0.3 is 25.5 Å². The van der Waals surface area contributed by atoms with Gasteiger partial charge in [0.2, 0.25) is 0 Å². The summed E-state index contributed by atoms with van der Waals surface area (Å²) in [5.41, 5.74) is 14.5. The van der Waals surface area contributed by atoms with Gasteiger partial charge in [-0.25, -0.2) is 9.97 Å². The van der Waals surface area contributed by atoms with Gasteiger partial charge >= 0.3 is 0 Å². The molecule has 3 heterocycles. The maximum absolute atomic E-state index is 10.0. The number of aromatic nitrogens is 3. The van der Waals surface area contributed by atoms with E-state index in [4.69, 9.17) is 20.8 Å². The van der Waals surface area contributed by atoms with Crippen molar-refractivity contribution in [2.24, 2.45) is 5.11 Å². The van der Waals surface area contributed by atoms with Gasteiger partial charge in [0.05, 0.1) is 24.2 Å². The van der Waals surface area contributed by atoms with Gasteiger partial charge in [-0.3, -0.25) is 0 Å². The molecule has 0 spiro atoms. The fourth-order valence-corrected chi connectivity index (χ4v) is 3.05. The first kappa shape index (κ1) is 16.0. The van der Waals surface area contributed by atoms with E-state index in [9.17, 15) is 10.2 Å². The van der Waals surface area contributed by atoms with E-state index in [1.807, 2.05) is 0 Å². The first-order valence-electron chi connectivity index (χ1n) is 6.49. The molecule has 0 bridgehead atoms. The minimum Gasteiger partial charge on any atom is -0.387 e. The molecule has 1 saturated heterocycles. The van der Waals surface area contributed by atoms with Crippen molar-refractivity contribution >= 4 is 39.4 Å². The molecule has 0 amide bonds. The van der Waals surface area contributed by atoms with E-state index in [1.54, 1.807) is 6.20 Å². The number of nitrogens with zero attached hydrogens (tertiary/aromatic N) is 6. The molecule has 1 fully saturated rings. The third kappa shape index (κ3) is 2.86. The molecule has 23 heavy (non-hydrogen) atoms. The molecule has 11 nitrogen and oxygen atoms in total. The van der Waals surface area contributed by atoms with E-state index in [1.165, 1.54) is 11.1 Å². The van der Waals surface area contributed by atoms with Crippen LogP contribution in [0.15, 0.2) is 17.6 Å². The number of fused-ring (bicyclic) bond motifs is 1. The monoisotopic (exact) mass is 433 g/mol. The number of hydrogen-bond acceptors (Lipinski definition) is 8. The van der Waals surface area contributed by atoms with Crippen molar-refractivity contribution in [1.29, 1.82) is 0 Å². The maximum atomic E-state index is 10.0. The average molecular weight is 433 g/mol. The van der Waals surface area contributed by atoms with Gasteiger partial charge in [-0.2, -0.15) is 4.73 Å². The molecule has 0 aliphatic carbocycles. The summed E-state index contributed by atoms with van der Waals surface area (Å²) in [5, 5.41) is 23.9. The second-order valence-corrected chi connectivity index (χ2v) is 5.97. The summed E-state index contributed by atoms with van der Waals surface area (Å²) >= 11 is 2.05. The normalized spacial score (nSPS) is 27.1. The number of hydrogen-bond donors (Lipinski definition) is 3. The third-order valence-corrected chi connectivity index (χ3v) is 4.21. The SMILES string of the molecule is [N-]=[N+]=NC[C@H]1O[C@@H](On2cc(I)c3c(N)ncnc32)[C@H](O)[C@@H]1O. The quantitative estimate of drug-likeness (QED) is 0.260. The molecule has 12 heteroatoms. The highest BCUT2D eigenvalue weighted by molar-refractivity contribution is 14.1. The lowest BCUT2D eigenvalue weighted by atomic mass is 10.1. The highest BCUT2D eigenvalue weighted by Gasteiger charge is 2.44. The third-order valence-electron chi connectivity index (χ3n) is 3.40. The number of rotatable bonds is 4. The van der Waals surface area contributed by atoms with Crippen LogP contribution >= 0.6 is 22.6 Å². The first-order valence-corrected chi connectivity index (χ1v) is 7.57. The number of nitrogens with two attached hydrogens (primary N) is 1. The minimum absolute atomic E-state index is 0.117. The van der Waals surface area contributed by atoms with Crippen LogP contribution in [0.5, 0.6) is 0 Å². The molecule has 4 N–H and O–H groups in total. The van der Waals surface area contributed by atoms with Gasteiger partial charge in [0.1, 0.15) is 24.4 Å². The Morgan fingerprint density at radius 2 is 2.26 bits per heavy atom. The van der Waals surface area contributed by atoms with Crippen molar-refractivity contribution in [1.82, 2.24) is 14.7 Å². The standard InChI is InChI=1S/C11H12IN7O4/c12-4-2-19(10-6(4)9(13)15-3-16-10)23-11-8(21)7(20)5(22-11)1-17-18-14/h2-3,5,7-8,11,20-21H,1H2,(H2,13,15,16)/t5-,7-,8-,11+/m1/s1. The van der Waals surface area contributed by atoms with E-state index in [2.05, 4.69) is 42.6 Å². The van der Waals surface area contributed by atoms with Crippen molar-refractivity contribution in [2.75, 3.05) is 12.3 Å². The van der Waals surface area contributed by atoms with Crippen molar-refractivity contribution in [3.8, 4) is 0 Å². The number of anilines is 1. The summed E-state index contributed by atoms with van der Waals surface area (Å²) in [5.74, 6) is 0.302. The molecular formula is C11H12IN7O4. The van der Waals surface area contributed by atoms with Crippen molar-refractivity contribution in [3.63, 3.8) is 0 Å². The molecule has 122 valence electrons. The van der Waals surface area contributed by atoms with Gasteiger partial charge in [0, 0.05) is 8.48 Å². The molecule has 1 aliphatic heterocycles. The van der Waals surface area contributed by atoms with Gasteiger partial charge in [-0.1, -0.05) is 5.11 Å². The van der Waals surface area contributed by atoms with Crippen LogP contribution in [-0.2, 0) is 4.74 Å². The van der Waals surface area contributed by atoms with Crippen molar-refractivity contribution in [2.45, 2.75) is 24.6 Å². The Morgan fingerprint density at radius 1 is 1.48 bits per heavy atom. The topological polar surface area (TPSA) is 164 Å². The fraction of sp³-hybridized carbons (Fsp3) is 0.455.